The lowest BCUT2D eigenvalue weighted by molar-refractivity contribution is -0.155. The molecule has 0 spiro atoms. The van der Waals surface area contributed by atoms with Crippen molar-refractivity contribution >= 4 is 23.5 Å². The maximum absolute atomic E-state index is 12.4. The van der Waals surface area contributed by atoms with Crippen LogP contribution in [-0.4, -0.2) is 35.5 Å². The molecule has 0 amide bonds. The number of carbonyl (C=O) groups is 2. The molecule has 0 bridgehead atoms. The molecule has 0 aromatic heterocycles. The summed E-state index contributed by atoms with van der Waals surface area (Å²) in [6.45, 7) is 3.92. The molecule has 1 aromatic rings. The van der Waals surface area contributed by atoms with E-state index < -0.39 is 16.8 Å². The molecule has 1 aliphatic heterocycles. The molecule has 0 radical (unpaired) electrons. The quantitative estimate of drug-likeness (QED) is 0.630. The molecule has 1 aromatic carbocycles. The van der Waals surface area contributed by atoms with Crippen molar-refractivity contribution < 1.29 is 19.1 Å². The van der Waals surface area contributed by atoms with Crippen LogP contribution in [-0.2, 0) is 19.1 Å². The lowest BCUT2D eigenvalue weighted by atomic mass is 9.91. The SMILES string of the molecule is CCOC(=O)C1(C(C)=O)SCCOC1c1ccccc1. The standard InChI is InChI=1S/C15H18O4S/c1-3-18-14(17)15(11(2)16)13(19-9-10-20-15)12-7-5-4-6-8-12/h4-8,13H,3,9-10H2,1-2H3. The molecule has 5 heteroatoms. The fourth-order valence-electron chi connectivity index (χ4n) is 2.35. The van der Waals surface area contributed by atoms with E-state index in [0.717, 1.165) is 5.56 Å². The second-order valence-electron chi connectivity index (χ2n) is 4.52. The highest BCUT2D eigenvalue weighted by atomic mass is 32.2. The smallest absolute Gasteiger partial charge is 0.332 e. The summed E-state index contributed by atoms with van der Waals surface area (Å²) < 4.78 is 9.61. The summed E-state index contributed by atoms with van der Waals surface area (Å²) in [6.07, 6.45) is -0.598. The van der Waals surface area contributed by atoms with Gasteiger partial charge in [-0.1, -0.05) is 30.3 Å². The third kappa shape index (κ3) is 2.60. The largest absolute Gasteiger partial charge is 0.465 e. The third-order valence-electron chi connectivity index (χ3n) is 3.27. The molecule has 0 aliphatic carbocycles. The zero-order chi connectivity index (χ0) is 14.6. The summed E-state index contributed by atoms with van der Waals surface area (Å²) in [5.41, 5.74) is 0.822. The Bertz CT molecular complexity index is 488. The van der Waals surface area contributed by atoms with Gasteiger partial charge in [0, 0.05) is 5.75 Å². The third-order valence-corrected chi connectivity index (χ3v) is 4.77. The highest BCUT2D eigenvalue weighted by molar-refractivity contribution is 8.02. The molecular formula is C15H18O4S. The van der Waals surface area contributed by atoms with Crippen LogP contribution in [0.3, 0.4) is 0 Å². The van der Waals surface area contributed by atoms with Gasteiger partial charge in [0.15, 0.2) is 5.78 Å². The van der Waals surface area contributed by atoms with Gasteiger partial charge in [-0.25, -0.2) is 4.79 Å². The summed E-state index contributed by atoms with van der Waals surface area (Å²) in [5.74, 6) is -0.137. The van der Waals surface area contributed by atoms with Gasteiger partial charge in [-0.3, -0.25) is 4.79 Å². The minimum atomic E-state index is -1.30. The number of ether oxygens (including phenoxy) is 2. The van der Waals surface area contributed by atoms with Crippen LogP contribution in [0.2, 0.25) is 0 Å². The van der Waals surface area contributed by atoms with Gasteiger partial charge in [-0.15, -0.1) is 11.8 Å². The lowest BCUT2D eigenvalue weighted by Crippen LogP contribution is -2.52. The van der Waals surface area contributed by atoms with E-state index in [2.05, 4.69) is 0 Å². The van der Waals surface area contributed by atoms with Crippen LogP contribution in [0.25, 0.3) is 0 Å². The first-order valence-corrected chi connectivity index (χ1v) is 7.60. The van der Waals surface area contributed by atoms with E-state index in [1.807, 2.05) is 30.3 Å². The minimum absolute atomic E-state index is 0.227. The van der Waals surface area contributed by atoms with Crippen molar-refractivity contribution in [2.45, 2.75) is 24.7 Å². The molecule has 1 saturated heterocycles. The van der Waals surface area contributed by atoms with E-state index in [9.17, 15) is 9.59 Å². The Labute approximate surface area is 122 Å². The van der Waals surface area contributed by atoms with Crippen molar-refractivity contribution in [1.82, 2.24) is 0 Å². The zero-order valence-corrected chi connectivity index (χ0v) is 12.4. The first kappa shape index (κ1) is 15.1. The van der Waals surface area contributed by atoms with Gasteiger partial charge in [0.05, 0.1) is 13.2 Å². The van der Waals surface area contributed by atoms with E-state index in [4.69, 9.17) is 9.47 Å². The summed E-state index contributed by atoms with van der Waals surface area (Å²) in [7, 11) is 0. The topological polar surface area (TPSA) is 52.6 Å². The fraction of sp³-hybridized carbons (Fsp3) is 0.467. The first-order chi connectivity index (χ1) is 9.63. The van der Waals surface area contributed by atoms with E-state index in [-0.39, 0.29) is 12.4 Å². The summed E-state index contributed by atoms with van der Waals surface area (Å²) >= 11 is 1.32. The summed E-state index contributed by atoms with van der Waals surface area (Å²) in [5, 5.41) is 0. The Morgan fingerprint density at radius 3 is 2.70 bits per heavy atom. The van der Waals surface area contributed by atoms with Gasteiger partial charge in [-0.05, 0) is 19.4 Å². The average Bonchev–Trinajstić information content (AvgIpc) is 2.48. The zero-order valence-electron chi connectivity index (χ0n) is 11.6. The van der Waals surface area contributed by atoms with Crippen molar-refractivity contribution in [2.75, 3.05) is 19.0 Å². The highest BCUT2D eigenvalue weighted by Gasteiger charge is 2.55. The monoisotopic (exact) mass is 294 g/mol. The number of hydrogen-bond acceptors (Lipinski definition) is 5. The van der Waals surface area contributed by atoms with Gasteiger partial charge in [0.2, 0.25) is 4.75 Å². The number of rotatable bonds is 4. The number of Topliss-reactive ketones (excluding diaryl/α,β-unsaturated/α-hetero) is 1. The van der Waals surface area contributed by atoms with Crippen LogP contribution < -0.4 is 0 Å². The number of ketones is 1. The molecule has 0 N–H and O–H groups in total. The van der Waals surface area contributed by atoms with E-state index in [0.29, 0.717) is 12.4 Å². The summed E-state index contributed by atoms with van der Waals surface area (Å²) in [4.78, 5) is 24.6. The van der Waals surface area contributed by atoms with Crippen molar-refractivity contribution in [3.05, 3.63) is 35.9 Å². The van der Waals surface area contributed by atoms with Gasteiger partial charge < -0.3 is 9.47 Å². The molecule has 1 fully saturated rings. The van der Waals surface area contributed by atoms with Gasteiger partial charge in [-0.2, -0.15) is 0 Å². The minimum Gasteiger partial charge on any atom is -0.465 e. The van der Waals surface area contributed by atoms with Crippen molar-refractivity contribution in [1.29, 1.82) is 0 Å². The molecular weight excluding hydrogens is 276 g/mol. The lowest BCUT2D eigenvalue weighted by Gasteiger charge is -2.39. The molecule has 2 atom stereocenters. The van der Waals surface area contributed by atoms with Gasteiger partial charge >= 0.3 is 5.97 Å². The number of esters is 1. The maximum Gasteiger partial charge on any atom is 0.332 e. The Morgan fingerprint density at radius 2 is 2.10 bits per heavy atom. The Hall–Kier alpha value is -1.33. The molecule has 4 nitrogen and oxygen atoms in total. The normalized spacial score (nSPS) is 26.0. The molecule has 0 saturated carbocycles. The van der Waals surface area contributed by atoms with E-state index >= 15 is 0 Å². The van der Waals surface area contributed by atoms with Crippen molar-refractivity contribution in [2.24, 2.45) is 0 Å². The number of thioether (sulfide) groups is 1. The molecule has 20 heavy (non-hydrogen) atoms. The fourth-order valence-corrected chi connectivity index (χ4v) is 3.59. The van der Waals surface area contributed by atoms with Crippen molar-refractivity contribution in [3.63, 3.8) is 0 Å². The maximum atomic E-state index is 12.4. The van der Waals surface area contributed by atoms with Gasteiger partial charge in [0.1, 0.15) is 6.10 Å². The van der Waals surface area contributed by atoms with E-state index in [1.165, 1.54) is 18.7 Å². The molecule has 2 unspecified atom stereocenters. The van der Waals surface area contributed by atoms with Crippen LogP contribution in [0.15, 0.2) is 30.3 Å². The molecule has 1 heterocycles. The van der Waals surface area contributed by atoms with Crippen LogP contribution in [0, 0.1) is 0 Å². The Morgan fingerprint density at radius 1 is 1.40 bits per heavy atom. The molecule has 2 rings (SSSR count). The Kier molecular flexibility index (Phi) is 4.83. The van der Waals surface area contributed by atoms with E-state index in [1.54, 1.807) is 6.92 Å². The first-order valence-electron chi connectivity index (χ1n) is 6.61. The van der Waals surface area contributed by atoms with Crippen LogP contribution in [0.1, 0.15) is 25.5 Å². The second-order valence-corrected chi connectivity index (χ2v) is 5.86. The number of hydrogen-bond donors (Lipinski definition) is 0. The second kappa shape index (κ2) is 6.41. The van der Waals surface area contributed by atoms with Crippen LogP contribution in [0.4, 0.5) is 0 Å². The van der Waals surface area contributed by atoms with Crippen LogP contribution in [0.5, 0.6) is 0 Å². The number of benzene rings is 1. The van der Waals surface area contributed by atoms with Gasteiger partial charge in [0.25, 0.3) is 0 Å². The summed E-state index contributed by atoms with van der Waals surface area (Å²) in [6, 6.07) is 9.36. The molecule has 1 aliphatic rings. The highest BCUT2D eigenvalue weighted by Crippen LogP contribution is 2.45. The van der Waals surface area contributed by atoms with Crippen LogP contribution >= 0.6 is 11.8 Å². The molecule has 108 valence electrons. The average molecular weight is 294 g/mol. The predicted molar refractivity (Wildman–Crippen MR) is 77.6 cm³/mol. The Balaban J connectivity index is 2.45. The predicted octanol–water partition coefficient (Wildman–Crippen LogP) is 2.38. The number of carbonyl (C=O) groups excluding carboxylic acids is 2. The van der Waals surface area contributed by atoms with Crippen molar-refractivity contribution in [3.8, 4) is 0 Å².